The Morgan fingerprint density at radius 3 is 2.33 bits per heavy atom. The standard InChI is InChI=1S/C10H5ClF5NO4/c11-7-2-1-6(17(19)20)3-5(7)4-21-8(18)9(12,13)10(14,15)16/h1-3H,4H2. The van der Waals surface area contributed by atoms with Crippen molar-refractivity contribution in [3.05, 3.63) is 38.9 Å². The SMILES string of the molecule is O=C(OCc1cc([N+](=O)[O-])ccc1Cl)C(F)(F)C(F)(F)F. The predicted molar refractivity (Wildman–Crippen MR) is 58.9 cm³/mol. The fourth-order valence-corrected chi connectivity index (χ4v) is 1.31. The first-order valence-corrected chi connectivity index (χ1v) is 5.39. The van der Waals surface area contributed by atoms with Gasteiger partial charge in [0.1, 0.15) is 6.61 Å². The molecule has 0 aliphatic rings. The quantitative estimate of drug-likeness (QED) is 0.366. The summed E-state index contributed by atoms with van der Waals surface area (Å²) in [4.78, 5) is 20.4. The van der Waals surface area contributed by atoms with Gasteiger partial charge in [-0.05, 0) is 6.07 Å². The van der Waals surface area contributed by atoms with Crippen molar-refractivity contribution in [1.29, 1.82) is 0 Å². The second-order valence-corrected chi connectivity index (χ2v) is 4.09. The van der Waals surface area contributed by atoms with Gasteiger partial charge in [0.05, 0.1) is 4.92 Å². The number of carbonyl (C=O) groups is 1. The third-order valence-corrected chi connectivity index (χ3v) is 2.58. The largest absolute Gasteiger partial charge is 0.465 e. The zero-order valence-corrected chi connectivity index (χ0v) is 10.5. The van der Waals surface area contributed by atoms with E-state index in [9.17, 15) is 36.9 Å². The monoisotopic (exact) mass is 333 g/mol. The van der Waals surface area contributed by atoms with Crippen LogP contribution in [0, 0.1) is 10.1 Å². The summed E-state index contributed by atoms with van der Waals surface area (Å²) in [5.41, 5.74) is -0.773. The van der Waals surface area contributed by atoms with Crippen molar-refractivity contribution in [1.82, 2.24) is 0 Å². The van der Waals surface area contributed by atoms with Crippen molar-refractivity contribution in [2.24, 2.45) is 0 Å². The maximum absolute atomic E-state index is 12.6. The van der Waals surface area contributed by atoms with Crippen LogP contribution in [0.2, 0.25) is 5.02 Å². The number of esters is 1. The van der Waals surface area contributed by atoms with E-state index in [1.165, 1.54) is 0 Å². The van der Waals surface area contributed by atoms with Crippen LogP contribution in [0.25, 0.3) is 0 Å². The second-order valence-electron chi connectivity index (χ2n) is 3.68. The van der Waals surface area contributed by atoms with Gasteiger partial charge in [0.25, 0.3) is 5.69 Å². The number of nitro groups is 1. The summed E-state index contributed by atoms with van der Waals surface area (Å²) in [6, 6.07) is 2.80. The number of hydrogen-bond donors (Lipinski definition) is 0. The van der Waals surface area contributed by atoms with E-state index in [-0.39, 0.29) is 10.6 Å². The van der Waals surface area contributed by atoms with Gasteiger partial charge in [-0.3, -0.25) is 10.1 Å². The molecular formula is C10H5ClF5NO4. The Labute approximate surface area is 118 Å². The average Bonchev–Trinajstić information content (AvgIpc) is 2.35. The van der Waals surface area contributed by atoms with Crippen LogP contribution in [0.5, 0.6) is 0 Å². The fraction of sp³-hybridized carbons (Fsp3) is 0.300. The molecule has 0 spiro atoms. The predicted octanol–water partition coefficient (Wildman–Crippen LogP) is 3.49. The number of benzene rings is 1. The molecule has 0 aliphatic carbocycles. The number of hydrogen-bond acceptors (Lipinski definition) is 4. The number of nitrogens with zero attached hydrogens (tertiary/aromatic N) is 1. The topological polar surface area (TPSA) is 69.4 Å². The zero-order chi connectivity index (χ0) is 16.4. The summed E-state index contributed by atoms with van der Waals surface area (Å²) < 4.78 is 64.7. The Morgan fingerprint density at radius 1 is 1.29 bits per heavy atom. The number of halogens is 6. The number of carbonyl (C=O) groups excluding carboxylic acids is 1. The molecule has 0 radical (unpaired) electrons. The maximum atomic E-state index is 12.6. The molecule has 0 aromatic heterocycles. The van der Waals surface area contributed by atoms with E-state index in [1.54, 1.807) is 0 Å². The van der Waals surface area contributed by atoms with E-state index in [1.807, 2.05) is 0 Å². The molecule has 21 heavy (non-hydrogen) atoms. The molecule has 0 bridgehead atoms. The number of ether oxygens (including phenoxy) is 1. The lowest BCUT2D eigenvalue weighted by molar-refractivity contribution is -0.385. The van der Waals surface area contributed by atoms with E-state index in [4.69, 9.17) is 11.6 Å². The minimum absolute atomic E-state index is 0.191. The van der Waals surface area contributed by atoms with Crippen molar-refractivity contribution >= 4 is 23.3 Å². The molecule has 0 fully saturated rings. The van der Waals surface area contributed by atoms with Gasteiger partial charge in [-0.15, -0.1) is 0 Å². The molecule has 1 rings (SSSR count). The molecule has 0 amide bonds. The van der Waals surface area contributed by atoms with Gasteiger partial charge in [-0.25, -0.2) is 4.79 Å². The number of non-ortho nitro benzene ring substituents is 1. The minimum atomic E-state index is -6.10. The van der Waals surface area contributed by atoms with E-state index in [0.717, 1.165) is 18.2 Å². The first kappa shape index (κ1) is 17.1. The Hall–Kier alpha value is -1.97. The molecule has 0 N–H and O–H groups in total. The van der Waals surface area contributed by atoms with Crippen molar-refractivity contribution in [2.45, 2.75) is 18.7 Å². The van der Waals surface area contributed by atoms with Gasteiger partial charge in [0.15, 0.2) is 0 Å². The molecule has 0 saturated carbocycles. The van der Waals surface area contributed by atoms with Crippen LogP contribution in [-0.2, 0) is 16.1 Å². The Bertz CT molecular complexity index is 575. The maximum Gasteiger partial charge on any atom is 0.465 e. The molecule has 11 heteroatoms. The molecule has 5 nitrogen and oxygen atoms in total. The van der Waals surface area contributed by atoms with Crippen LogP contribution < -0.4 is 0 Å². The van der Waals surface area contributed by atoms with Gasteiger partial charge >= 0.3 is 18.1 Å². The third-order valence-electron chi connectivity index (χ3n) is 2.21. The fourth-order valence-electron chi connectivity index (χ4n) is 1.13. The summed E-state index contributed by atoms with van der Waals surface area (Å²) >= 11 is 5.56. The number of alkyl halides is 5. The van der Waals surface area contributed by atoms with Gasteiger partial charge in [-0.1, -0.05) is 11.6 Å². The van der Waals surface area contributed by atoms with E-state index in [2.05, 4.69) is 4.74 Å². The lowest BCUT2D eigenvalue weighted by Gasteiger charge is -2.17. The smallest absolute Gasteiger partial charge is 0.456 e. The summed E-state index contributed by atoms with van der Waals surface area (Å²) in [5.74, 6) is -8.50. The van der Waals surface area contributed by atoms with Crippen LogP contribution in [-0.4, -0.2) is 23.0 Å². The van der Waals surface area contributed by atoms with Crippen molar-refractivity contribution in [3.8, 4) is 0 Å². The van der Waals surface area contributed by atoms with Crippen LogP contribution in [0.4, 0.5) is 27.6 Å². The molecule has 1 aromatic carbocycles. The van der Waals surface area contributed by atoms with Crippen LogP contribution in [0.1, 0.15) is 5.56 Å². The lowest BCUT2D eigenvalue weighted by Crippen LogP contribution is -2.45. The highest BCUT2D eigenvalue weighted by Crippen LogP contribution is 2.36. The third kappa shape index (κ3) is 3.78. The molecule has 0 saturated heterocycles. The highest BCUT2D eigenvalue weighted by atomic mass is 35.5. The van der Waals surface area contributed by atoms with Crippen LogP contribution in [0.15, 0.2) is 18.2 Å². The summed E-state index contributed by atoms with van der Waals surface area (Å²) in [6.45, 7) is -1.06. The highest BCUT2D eigenvalue weighted by molar-refractivity contribution is 6.31. The van der Waals surface area contributed by atoms with E-state index >= 15 is 0 Å². The average molecular weight is 334 g/mol. The summed E-state index contributed by atoms with van der Waals surface area (Å²) in [5, 5.41) is 10.3. The van der Waals surface area contributed by atoms with Crippen molar-refractivity contribution < 1.29 is 36.4 Å². The van der Waals surface area contributed by atoms with E-state index < -0.39 is 35.3 Å². The minimum Gasteiger partial charge on any atom is -0.456 e. The molecule has 1 aromatic rings. The normalized spacial score (nSPS) is 12.1. The Balaban J connectivity index is 2.87. The lowest BCUT2D eigenvalue weighted by atomic mass is 10.2. The Kier molecular flexibility index (Phi) is 4.72. The first-order valence-electron chi connectivity index (χ1n) is 5.01. The van der Waals surface area contributed by atoms with E-state index in [0.29, 0.717) is 0 Å². The second kappa shape index (κ2) is 5.80. The molecule has 0 atom stereocenters. The molecule has 0 unspecified atom stereocenters. The van der Waals surface area contributed by atoms with Crippen molar-refractivity contribution in [2.75, 3.05) is 0 Å². The molecule has 0 aliphatic heterocycles. The highest BCUT2D eigenvalue weighted by Gasteiger charge is 2.64. The molecule has 0 heterocycles. The molecule has 116 valence electrons. The van der Waals surface area contributed by atoms with Crippen LogP contribution in [0.3, 0.4) is 0 Å². The van der Waals surface area contributed by atoms with Crippen LogP contribution >= 0.6 is 11.6 Å². The van der Waals surface area contributed by atoms with Gasteiger partial charge in [0.2, 0.25) is 0 Å². The zero-order valence-electron chi connectivity index (χ0n) is 9.79. The Morgan fingerprint density at radius 2 is 1.86 bits per heavy atom. The van der Waals surface area contributed by atoms with Gasteiger partial charge < -0.3 is 4.74 Å². The van der Waals surface area contributed by atoms with Gasteiger partial charge in [0, 0.05) is 22.7 Å². The number of nitro benzene ring substituents is 1. The summed E-state index contributed by atoms with van der Waals surface area (Å²) in [7, 11) is 0. The molecular weight excluding hydrogens is 329 g/mol. The van der Waals surface area contributed by atoms with Crippen molar-refractivity contribution in [3.63, 3.8) is 0 Å². The number of rotatable bonds is 4. The first-order chi connectivity index (χ1) is 9.46. The summed E-state index contributed by atoms with van der Waals surface area (Å²) in [6.07, 6.45) is -6.10. The van der Waals surface area contributed by atoms with Gasteiger partial charge in [-0.2, -0.15) is 22.0 Å².